The second kappa shape index (κ2) is 5.05. The first-order valence-electron chi connectivity index (χ1n) is 6.76. The van der Waals surface area contributed by atoms with Crippen LogP contribution in [0.25, 0.3) is 0 Å². The second-order valence-corrected chi connectivity index (χ2v) is 5.26. The molecule has 2 aromatic rings. The molecule has 106 valence electrons. The Kier molecular flexibility index (Phi) is 3.22. The maximum absolute atomic E-state index is 12.6. The number of fused-ring (bicyclic) bond motifs is 1. The van der Waals surface area contributed by atoms with Gasteiger partial charge in [-0.25, -0.2) is 4.79 Å². The van der Waals surface area contributed by atoms with Crippen LogP contribution in [-0.2, 0) is 13.1 Å². The fourth-order valence-electron chi connectivity index (χ4n) is 2.65. The molecule has 4 nitrogen and oxygen atoms in total. The normalized spacial score (nSPS) is 13.1. The number of carbonyl (C=O) groups excluding carboxylic acids is 1. The fourth-order valence-corrected chi connectivity index (χ4v) is 2.65. The van der Waals surface area contributed by atoms with Crippen LogP contribution in [0.2, 0.25) is 0 Å². The van der Waals surface area contributed by atoms with Gasteiger partial charge in [-0.1, -0.05) is 24.3 Å². The molecular weight excluding hydrogens is 266 g/mol. The molecule has 0 saturated heterocycles. The minimum absolute atomic E-state index is 0.0128. The van der Waals surface area contributed by atoms with E-state index in [1.54, 1.807) is 23.1 Å². The van der Waals surface area contributed by atoms with Gasteiger partial charge in [-0.15, -0.1) is 0 Å². The van der Waals surface area contributed by atoms with E-state index < -0.39 is 5.97 Å². The van der Waals surface area contributed by atoms with E-state index in [2.05, 4.69) is 0 Å². The van der Waals surface area contributed by atoms with Crippen molar-refractivity contribution in [1.82, 2.24) is 4.90 Å². The molecule has 0 fully saturated rings. The first-order chi connectivity index (χ1) is 10.1. The van der Waals surface area contributed by atoms with Gasteiger partial charge in [0.05, 0.1) is 5.56 Å². The Morgan fingerprint density at radius 3 is 2.48 bits per heavy atom. The molecule has 1 heterocycles. The Bertz CT molecular complexity index is 737. The number of aromatic carboxylic acids is 1. The third-order valence-corrected chi connectivity index (χ3v) is 3.84. The number of hydrogen-bond acceptors (Lipinski definition) is 2. The summed E-state index contributed by atoms with van der Waals surface area (Å²) in [7, 11) is 0. The molecule has 3 rings (SSSR count). The van der Waals surface area contributed by atoms with Crippen molar-refractivity contribution in [2.45, 2.75) is 20.0 Å². The average molecular weight is 281 g/mol. The summed E-state index contributed by atoms with van der Waals surface area (Å²) < 4.78 is 0. The van der Waals surface area contributed by atoms with Crippen molar-refractivity contribution in [2.75, 3.05) is 0 Å². The Morgan fingerprint density at radius 1 is 1.05 bits per heavy atom. The van der Waals surface area contributed by atoms with Crippen molar-refractivity contribution in [1.29, 1.82) is 0 Å². The van der Waals surface area contributed by atoms with Gasteiger partial charge in [-0.05, 0) is 41.8 Å². The third-order valence-electron chi connectivity index (χ3n) is 3.84. The summed E-state index contributed by atoms with van der Waals surface area (Å²) in [5.41, 5.74) is 3.84. The molecule has 4 heteroatoms. The van der Waals surface area contributed by atoms with Crippen LogP contribution in [-0.4, -0.2) is 21.9 Å². The summed E-state index contributed by atoms with van der Waals surface area (Å²) in [6.07, 6.45) is 0. The van der Waals surface area contributed by atoms with Crippen molar-refractivity contribution in [3.05, 3.63) is 70.3 Å². The largest absolute Gasteiger partial charge is 0.478 e. The zero-order valence-electron chi connectivity index (χ0n) is 11.7. The van der Waals surface area contributed by atoms with E-state index in [0.717, 1.165) is 16.7 Å². The van der Waals surface area contributed by atoms with Gasteiger partial charge < -0.3 is 10.0 Å². The van der Waals surface area contributed by atoms with E-state index in [9.17, 15) is 9.59 Å². The van der Waals surface area contributed by atoms with Gasteiger partial charge in [-0.3, -0.25) is 4.79 Å². The predicted octanol–water partition coefficient (Wildman–Crippen LogP) is 2.85. The summed E-state index contributed by atoms with van der Waals surface area (Å²) in [5, 5.41) is 9.03. The number of benzene rings is 2. The lowest BCUT2D eigenvalue weighted by molar-refractivity contribution is 0.0696. The Hall–Kier alpha value is -2.62. The molecule has 0 unspecified atom stereocenters. The van der Waals surface area contributed by atoms with Crippen LogP contribution in [0.1, 0.15) is 37.4 Å². The van der Waals surface area contributed by atoms with Crippen LogP contribution in [0.4, 0.5) is 0 Å². The van der Waals surface area contributed by atoms with Crippen LogP contribution in [0.15, 0.2) is 42.5 Å². The van der Waals surface area contributed by atoms with Gasteiger partial charge in [-0.2, -0.15) is 0 Å². The van der Waals surface area contributed by atoms with Crippen molar-refractivity contribution in [3.8, 4) is 0 Å². The van der Waals surface area contributed by atoms with Gasteiger partial charge in [0.2, 0.25) is 0 Å². The number of carboxylic acid groups (broad SMARTS) is 1. The highest BCUT2D eigenvalue weighted by molar-refractivity contribution is 5.96. The number of carbonyl (C=O) groups is 2. The summed E-state index contributed by atoms with van der Waals surface area (Å²) in [5.74, 6) is -0.956. The summed E-state index contributed by atoms with van der Waals surface area (Å²) in [6.45, 7) is 2.91. The lowest BCUT2D eigenvalue weighted by Crippen LogP contribution is -2.25. The van der Waals surface area contributed by atoms with E-state index in [4.69, 9.17) is 5.11 Å². The summed E-state index contributed by atoms with van der Waals surface area (Å²) in [6, 6.07) is 12.5. The van der Waals surface area contributed by atoms with E-state index in [1.165, 1.54) is 0 Å². The zero-order valence-corrected chi connectivity index (χ0v) is 11.7. The van der Waals surface area contributed by atoms with Crippen molar-refractivity contribution < 1.29 is 14.7 Å². The molecule has 1 aliphatic rings. The molecule has 0 aromatic heterocycles. The first-order valence-corrected chi connectivity index (χ1v) is 6.76. The molecule has 0 saturated carbocycles. The molecule has 0 radical (unpaired) electrons. The van der Waals surface area contributed by atoms with Crippen LogP contribution in [0.5, 0.6) is 0 Å². The van der Waals surface area contributed by atoms with Crippen molar-refractivity contribution >= 4 is 11.9 Å². The molecule has 1 amide bonds. The van der Waals surface area contributed by atoms with Crippen LogP contribution < -0.4 is 0 Å². The Balaban J connectivity index is 1.86. The monoisotopic (exact) mass is 281 g/mol. The molecule has 0 spiro atoms. The standard InChI is InChI=1S/C17H15NO3/c1-11-4-2-3-5-15(11)16(19)18-9-13-7-6-12(17(20)21)8-14(13)10-18/h2-8H,9-10H2,1H3,(H,20,21). The molecular formula is C17H15NO3. The fraction of sp³-hybridized carbons (Fsp3) is 0.176. The van der Waals surface area contributed by atoms with Gasteiger partial charge in [0.25, 0.3) is 5.91 Å². The van der Waals surface area contributed by atoms with Crippen molar-refractivity contribution in [2.24, 2.45) is 0 Å². The molecule has 0 bridgehead atoms. The SMILES string of the molecule is Cc1ccccc1C(=O)N1Cc2ccc(C(=O)O)cc2C1. The van der Waals surface area contributed by atoms with E-state index in [-0.39, 0.29) is 11.5 Å². The van der Waals surface area contributed by atoms with Gasteiger partial charge >= 0.3 is 5.97 Å². The Morgan fingerprint density at radius 2 is 1.76 bits per heavy atom. The highest BCUT2D eigenvalue weighted by Gasteiger charge is 2.25. The lowest BCUT2D eigenvalue weighted by atomic mass is 10.1. The van der Waals surface area contributed by atoms with Gasteiger partial charge in [0, 0.05) is 18.7 Å². The molecule has 21 heavy (non-hydrogen) atoms. The highest BCUT2D eigenvalue weighted by Crippen LogP contribution is 2.26. The minimum Gasteiger partial charge on any atom is -0.478 e. The molecule has 2 aromatic carbocycles. The maximum atomic E-state index is 12.6. The number of carboxylic acids is 1. The predicted molar refractivity (Wildman–Crippen MR) is 78.2 cm³/mol. The Labute approximate surface area is 122 Å². The minimum atomic E-state index is -0.943. The smallest absolute Gasteiger partial charge is 0.335 e. The molecule has 0 aliphatic carbocycles. The average Bonchev–Trinajstić information content (AvgIpc) is 2.89. The topological polar surface area (TPSA) is 57.6 Å². The van der Waals surface area contributed by atoms with Gasteiger partial charge in [0.1, 0.15) is 0 Å². The number of aryl methyl sites for hydroxylation is 1. The summed E-state index contributed by atoms with van der Waals surface area (Å²) in [4.78, 5) is 25.3. The van der Waals surface area contributed by atoms with Gasteiger partial charge in [0.15, 0.2) is 0 Å². The maximum Gasteiger partial charge on any atom is 0.335 e. The molecule has 1 aliphatic heterocycles. The number of amides is 1. The van der Waals surface area contributed by atoms with Crippen LogP contribution in [0, 0.1) is 6.92 Å². The van der Waals surface area contributed by atoms with Crippen LogP contribution in [0.3, 0.4) is 0 Å². The zero-order chi connectivity index (χ0) is 15.0. The summed E-state index contributed by atoms with van der Waals surface area (Å²) >= 11 is 0. The van der Waals surface area contributed by atoms with E-state index >= 15 is 0 Å². The second-order valence-electron chi connectivity index (χ2n) is 5.26. The molecule has 1 N–H and O–H groups in total. The van der Waals surface area contributed by atoms with E-state index in [0.29, 0.717) is 18.7 Å². The van der Waals surface area contributed by atoms with E-state index in [1.807, 2.05) is 31.2 Å². The molecule has 0 atom stereocenters. The third kappa shape index (κ3) is 2.40. The number of rotatable bonds is 2. The lowest BCUT2D eigenvalue weighted by Gasteiger charge is -2.16. The quantitative estimate of drug-likeness (QED) is 0.920. The highest BCUT2D eigenvalue weighted by atomic mass is 16.4. The number of nitrogens with zero attached hydrogens (tertiary/aromatic N) is 1. The van der Waals surface area contributed by atoms with Crippen molar-refractivity contribution in [3.63, 3.8) is 0 Å². The van der Waals surface area contributed by atoms with Crippen LogP contribution >= 0.6 is 0 Å². The first kappa shape index (κ1) is 13.4. The number of hydrogen-bond donors (Lipinski definition) is 1.